The van der Waals surface area contributed by atoms with Crippen LogP contribution in [-0.2, 0) is 12.4 Å². The summed E-state index contributed by atoms with van der Waals surface area (Å²) in [5.74, 6) is -0.0377. The summed E-state index contributed by atoms with van der Waals surface area (Å²) in [5.41, 5.74) is 3.94. The lowest BCUT2D eigenvalue weighted by molar-refractivity contribution is -0.138. The number of hydrogen-bond donors (Lipinski definition) is 2. The Morgan fingerprint density at radius 2 is 0.949 bits per heavy atom. The van der Waals surface area contributed by atoms with E-state index in [-0.39, 0.29) is 43.7 Å². The van der Waals surface area contributed by atoms with Crippen LogP contribution in [0.4, 0.5) is 43.7 Å². The highest BCUT2D eigenvalue weighted by Crippen LogP contribution is 2.31. The van der Waals surface area contributed by atoms with Gasteiger partial charge in [-0.05, 0) is 94.4 Å². The molecule has 0 spiro atoms. The van der Waals surface area contributed by atoms with Gasteiger partial charge in [-0.15, -0.1) is 0 Å². The van der Waals surface area contributed by atoms with Crippen LogP contribution >= 0.6 is 58.0 Å². The number of nitrogens with two attached hydrogens (primary N) is 1. The third kappa shape index (κ3) is 11.8. The van der Waals surface area contributed by atoms with Crippen LogP contribution in [0, 0.1) is 0 Å². The topological polar surface area (TPSA) is 115 Å². The number of nitrogen functional groups attached to an aromatic ring is 1. The van der Waals surface area contributed by atoms with E-state index in [1.54, 1.807) is 0 Å². The van der Waals surface area contributed by atoms with E-state index >= 15 is 0 Å². The molecule has 0 saturated heterocycles. The summed E-state index contributed by atoms with van der Waals surface area (Å²) in [6.07, 6.45) is -8.72. The van der Waals surface area contributed by atoms with E-state index in [9.17, 15) is 26.3 Å². The third-order valence-corrected chi connectivity index (χ3v) is 4.64. The van der Waals surface area contributed by atoms with Gasteiger partial charge in [0.1, 0.15) is 0 Å². The van der Waals surface area contributed by atoms with Crippen molar-refractivity contribution in [2.75, 3.05) is 11.1 Å². The minimum absolute atomic E-state index is 0.000000000000000444. The first-order chi connectivity index (χ1) is 18.0. The Hall–Kier alpha value is -2.91. The molecule has 2 heterocycles. The molecule has 0 radical (unpaired) electrons. The Morgan fingerprint density at radius 1 is 0.564 bits per heavy atom. The van der Waals surface area contributed by atoms with Crippen LogP contribution in [0.3, 0.4) is 0 Å². The van der Waals surface area contributed by atoms with E-state index in [0.29, 0.717) is 0 Å². The zero-order valence-corrected chi connectivity index (χ0v) is 22.3. The number of aromatic nitrogens is 6. The number of nitrogens with zero attached hydrogens (tertiary/aromatic N) is 6. The van der Waals surface area contributed by atoms with E-state index in [1.165, 1.54) is 24.3 Å². The molecule has 0 saturated carbocycles. The fraction of sp³-hybridized carbons (Fsp3) is 0.100. The van der Waals surface area contributed by atoms with Gasteiger partial charge < -0.3 is 11.1 Å². The van der Waals surface area contributed by atoms with Crippen LogP contribution in [0.5, 0.6) is 0 Å². The number of halogens is 11. The van der Waals surface area contributed by atoms with Crippen molar-refractivity contribution >= 4 is 75.3 Å². The zero-order chi connectivity index (χ0) is 29.4. The fourth-order valence-electron chi connectivity index (χ4n) is 2.30. The maximum absolute atomic E-state index is 12.5. The van der Waals surface area contributed by atoms with Crippen molar-refractivity contribution in [3.63, 3.8) is 0 Å². The lowest BCUT2D eigenvalue weighted by Gasteiger charge is -2.09. The van der Waals surface area contributed by atoms with Crippen molar-refractivity contribution in [1.82, 2.24) is 29.9 Å². The minimum atomic E-state index is -4.42. The van der Waals surface area contributed by atoms with Crippen LogP contribution in [0.2, 0.25) is 26.4 Å². The molecule has 0 atom stereocenters. The molecule has 0 amide bonds. The molecule has 0 unspecified atom stereocenters. The molecule has 0 aliphatic heterocycles. The van der Waals surface area contributed by atoms with Crippen LogP contribution in [-0.4, -0.2) is 29.9 Å². The number of rotatable bonds is 2. The molecule has 0 fully saturated rings. The average molecular weight is 655 g/mol. The van der Waals surface area contributed by atoms with E-state index in [2.05, 4.69) is 35.2 Å². The van der Waals surface area contributed by atoms with Gasteiger partial charge in [-0.1, -0.05) is 12.1 Å². The largest absolute Gasteiger partial charge is 0.416 e. The maximum atomic E-state index is 12.5. The second kappa shape index (κ2) is 13.9. The van der Waals surface area contributed by atoms with Gasteiger partial charge in [-0.25, -0.2) is 0 Å². The summed E-state index contributed by atoms with van der Waals surface area (Å²) in [4.78, 5) is 21.3. The molecule has 208 valence electrons. The number of nitrogens with one attached hydrogen (secondary N) is 1. The van der Waals surface area contributed by atoms with Crippen molar-refractivity contribution in [3.8, 4) is 0 Å². The smallest absolute Gasteiger partial charge is 0.399 e. The number of anilines is 3. The Kier molecular flexibility index (Phi) is 11.5. The van der Waals surface area contributed by atoms with Crippen LogP contribution in [0.15, 0.2) is 48.5 Å². The molecule has 8 nitrogen and oxygen atoms in total. The number of hydrogen-bond acceptors (Lipinski definition) is 8. The summed E-state index contributed by atoms with van der Waals surface area (Å²) in [5, 5.41) is 2.25. The van der Waals surface area contributed by atoms with Crippen molar-refractivity contribution in [2.24, 2.45) is 0 Å². The first-order valence-electron chi connectivity index (χ1n) is 9.69. The fourth-order valence-corrected chi connectivity index (χ4v) is 3.28. The Bertz CT molecular complexity index is 1340. The monoisotopic (exact) mass is 652 g/mol. The van der Waals surface area contributed by atoms with Crippen molar-refractivity contribution < 1.29 is 26.3 Å². The summed E-state index contributed by atoms with van der Waals surface area (Å²) in [6.45, 7) is 0. The SMILES string of the molecule is Clc1nc(Cl)nc(Cl)n1.FC(F)(F)c1cccc(Nc2nc(Cl)nc(Cl)n2)c1.Nc1cccc(C(F)(F)F)c1. The molecule has 39 heavy (non-hydrogen) atoms. The van der Waals surface area contributed by atoms with E-state index in [0.717, 1.165) is 24.3 Å². The van der Waals surface area contributed by atoms with Gasteiger partial charge in [0, 0.05) is 11.4 Å². The summed E-state index contributed by atoms with van der Waals surface area (Å²) in [6, 6.07) is 9.14. The molecule has 3 N–H and O–H groups in total. The third-order valence-electron chi connectivity index (χ3n) is 3.79. The highest BCUT2D eigenvalue weighted by Gasteiger charge is 2.31. The summed E-state index contributed by atoms with van der Waals surface area (Å²) in [7, 11) is 0. The van der Waals surface area contributed by atoms with E-state index in [4.69, 9.17) is 63.7 Å². The van der Waals surface area contributed by atoms with Crippen LogP contribution in [0.25, 0.3) is 0 Å². The van der Waals surface area contributed by atoms with Gasteiger partial charge in [0.25, 0.3) is 0 Å². The van der Waals surface area contributed by atoms with Gasteiger partial charge in [0.2, 0.25) is 32.4 Å². The molecule has 4 aromatic rings. The molecular formula is C20H11Cl5F6N8. The lowest BCUT2D eigenvalue weighted by Crippen LogP contribution is -2.06. The zero-order valence-electron chi connectivity index (χ0n) is 18.5. The lowest BCUT2D eigenvalue weighted by atomic mass is 10.2. The second-order valence-electron chi connectivity index (χ2n) is 6.67. The normalized spacial score (nSPS) is 11.1. The molecule has 2 aromatic heterocycles. The molecule has 0 aliphatic carbocycles. The molecule has 0 aliphatic rings. The van der Waals surface area contributed by atoms with Gasteiger partial charge >= 0.3 is 12.4 Å². The van der Waals surface area contributed by atoms with Crippen molar-refractivity contribution in [2.45, 2.75) is 12.4 Å². The molecule has 4 rings (SSSR count). The number of benzene rings is 2. The first kappa shape index (κ1) is 32.3. The standard InChI is InChI=1S/C10H5Cl2F3N4.C7H6F3N.C3Cl3N3/c11-7-17-8(12)19-9(18-7)16-6-3-1-2-5(4-6)10(13,14)15;8-7(9,10)5-2-1-3-6(11)4-5;4-1-7-2(5)9-3(6)8-1/h1-4H,(H,16,17,18,19);1-4H,11H2;. The molecule has 2 aromatic carbocycles. The Morgan fingerprint density at radius 3 is 1.33 bits per heavy atom. The van der Waals surface area contributed by atoms with E-state index < -0.39 is 23.5 Å². The minimum Gasteiger partial charge on any atom is -0.399 e. The summed E-state index contributed by atoms with van der Waals surface area (Å²) >= 11 is 27.1. The Balaban J connectivity index is 0.000000226. The quantitative estimate of drug-likeness (QED) is 0.165. The summed E-state index contributed by atoms with van der Waals surface area (Å²) < 4.78 is 73.3. The van der Waals surface area contributed by atoms with E-state index in [1.807, 2.05) is 0 Å². The predicted octanol–water partition coefficient (Wildman–Crippen LogP) is 8.06. The van der Waals surface area contributed by atoms with Gasteiger partial charge in [-0.2, -0.15) is 56.2 Å². The first-order valence-corrected chi connectivity index (χ1v) is 11.6. The number of alkyl halides is 6. The molecule has 19 heteroatoms. The second-order valence-corrected chi connectivity index (χ2v) is 8.36. The van der Waals surface area contributed by atoms with Crippen molar-refractivity contribution in [1.29, 1.82) is 0 Å². The average Bonchev–Trinajstić information content (AvgIpc) is 2.77. The Labute approximate surface area is 240 Å². The predicted molar refractivity (Wildman–Crippen MR) is 135 cm³/mol. The highest BCUT2D eigenvalue weighted by molar-refractivity contribution is 6.33. The molecule has 0 bridgehead atoms. The molecular weight excluding hydrogens is 644 g/mol. The van der Waals surface area contributed by atoms with Crippen LogP contribution in [0.1, 0.15) is 11.1 Å². The van der Waals surface area contributed by atoms with Gasteiger partial charge in [0.05, 0.1) is 11.1 Å². The van der Waals surface area contributed by atoms with Crippen molar-refractivity contribution in [3.05, 3.63) is 86.1 Å². The maximum Gasteiger partial charge on any atom is 0.416 e. The van der Waals surface area contributed by atoms with Gasteiger partial charge in [0.15, 0.2) is 0 Å². The van der Waals surface area contributed by atoms with Gasteiger partial charge in [-0.3, -0.25) is 0 Å². The van der Waals surface area contributed by atoms with Crippen LogP contribution < -0.4 is 11.1 Å². The highest BCUT2D eigenvalue weighted by atomic mass is 35.5.